The van der Waals surface area contributed by atoms with Gasteiger partial charge in [0.25, 0.3) is 0 Å². The van der Waals surface area contributed by atoms with E-state index in [0.29, 0.717) is 17.1 Å². The fourth-order valence-electron chi connectivity index (χ4n) is 2.14. The lowest BCUT2D eigenvalue weighted by Crippen LogP contribution is -1.99. The molecular weight excluding hydrogens is 258 g/mol. The third-order valence-corrected chi connectivity index (χ3v) is 3.51. The van der Waals surface area contributed by atoms with Gasteiger partial charge in [0, 0.05) is 18.2 Å². The first kappa shape index (κ1) is 16.2. The van der Waals surface area contributed by atoms with Crippen LogP contribution in [0, 0.1) is 0 Å². The molecule has 0 bridgehead atoms. The summed E-state index contributed by atoms with van der Waals surface area (Å²) in [5.41, 5.74) is 0.683. The van der Waals surface area contributed by atoms with Gasteiger partial charge in [-0.3, -0.25) is 4.79 Å². The van der Waals surface area contributed by atoms with Gasteiger partial charge in [-0.05, 0) is 18.6 Å². The molecule has 0 aliphatic rings. The van der Waals surface area contributed by atoms with Crippen LogP contribution in [0.5, 0.6) is 0 Å². The van der Waals surface area contributed by atoms with Crippen LogP contribution < -0.4 is 0 Å². The molecule has 0 aliphatic heterocycles. The van der Waals surface area contributed by atoms with Crippen molar-refractivity contribution in [1.82, 2.24) is 4.98 Å². The van der Waals surface area contributed by atoms with Crippen LogP contribution >= 0.6 is 11.6 Å². The lowest BCUT2D eigenvalue weighted by atomic mass is 10.0. The van der Waals surface area contributed by atoms with Crippen molar-refractivity contribution in [2.45, 2.75) is 64.7 Å². The van der Waals surface area contributed by atoms with Crippen LogP contribution in [0.4, 0.5) is 0 Å². The Kier molecular flexibility index (Phi) is 8.48. The molecule has 0 amide bonds. The summed E-state index contributed by atoms with van der Waals surface area (Å²) in [5, 5.41) is 0.391. The smallest absolute Gasteiger partial charge is 0.163 e. The zero-order chi connectivity index (χ0) is 13.9. The van der Waals surface area contributed by atoms with Crippen molar-refractivity contribution in [3.05, 3.63) is 29.0 Å². The second kappa shape index (κ2) is 9.96. The van der Waals surface area contributed by atoms with E-state index in [-0.39, 0.29) is 5.78 Å². The van der Waals surface area contributed by atoms with Gasteiger partial charge in [0.05, 0.1) is 0 Å². The minimum Gasteiger partial charge on any atom is -0.294 e. The number of Topliss-reactive ketones (excluding diaryl/α,β-unsaturated/α-hetero) is 1. The SMILES string of the molecule is CCCCCCCCCCC(=O)c1ccnc(Cl)c1. The average Bonchev–Trinajstić information content (AvgIpc) is 2.41. The largest absolute Gasteiger partial charge is 0.294 e. The van der Waals surface area contributed by atoms with Gasteiger partial charge in [-0.2, -0.15) is 0 Å². The van der Waals surface area contributed by atoms with E-state index in [0.717, 1.165) is 12.8 Å². The number of hydrogen-bond acceptors (Lipinski definition) is 2. The standard InChI is InChI=1S/C16H24ClNO/c1-2-3-4-5-6-7-8-9-10-15(19)14-11-12-18-16(17)13-14/h11-13H,2-10H2,1H3. The Hall–Kier alpha value is -0.890. The van der Waals surface area contributed by atoms with Crippen molar-refractivity contribution in [3.63, 3.8) is 0 Å². The Morgan fingerprint density at radius 3 is 2.37 bits per heavy atom. The normalized spacial score (nSPS) is 10.6. The lowest BCUT2D eigenvalue weighted by molar-refractivity contribution is 0.0979. The summed E-state index contributed by atoms with van der Waals surface area (Å²) in [7, 11) is 0. The van der Waals surface area contributed by atoms with E-state index in [4.69, 9.17) is 11.6 Å². The highest BCUT2D eigenvalue weighted by atomic mass is 35.5. The summed E-state index contributed by atoms with van der Waals surface area (Å²) in [6.45, 7) is 2.23. The average molecular weight is 282 g/mol. The highest BCUT2D eigenvalue weighted by Gasteiger charge is 2.06. The molecule has 1 heterocycles. The summed E-state index contributed by atoms with van der Waals surface area (Å²) < 4.78 is 0. The van der Waals surface area contributed by atoms with Gasteiger partial charge in [0.15, 0.2) is 5.78 Å². The van der Waals surface area contributed by atoms with Crippen LogP contribution in [-0.2, 0) is 0 Å². The van der Waals surface area contributed by atoms with E-state index in [9.17, 15) is 4.79 Å². The zero-order valence-electron chi connectivity index (χ0n) is 11.8. The molecule has 1 rings (SSSR count). The first-order chi connectivity index (χ1) is 9.24. The number of carbonyl (C=O) groups excluding carboxylic acids is 1. The minimum absolute atomic E-state index is 0.176. The molecule has 0 radical (unpaired) electrons. The molecule has 0 unspecified atom stereocenters. The molecule has 0 atom stereocenters. The molecule has 0 aliphatic carbocycles. The Balaban J connectivity index is 2.08. The number of aromatic nitrogens is 1. The highest BCUT2D eigenvalue weighted by molar-refractivity contribution is 6.29. The van der Waals surface area contributed by atoms with E-state index >= 15 is 0 Å². The van der Waals surface area contributed by atoms with Gasteiger partial charge in [-0.25, -0.2) is 4.98 Å². The molecular formula is C16H24ClNO. The minimum atomic E-state index is 0.176. The fourth-order valence-corrected chi connectivity index (χ4v) is 2.31. The highest BCUT2D eigenvalue weighted by Crippen LogP contribution is 2.13. The molecule has 0 N–H and O–H groups in total. The van der Waals surface area contributed by atoms with Crippen molar-refractivity contribution in [2.24, 2.45) is 0 Å². The van der Waals surface area contributed by atoms with Crippen LogP contribution in [-0.4, -0.2) is 10.8 Å². The van der Waals surface area contributed by atoms with Gasteiger partial charge >= 0.3 is 0 Å². The molecule has 0 aromatic carbocycles. The molecule has 2 nitrogen and oxygen atoms in total. The number of nitrogens with zero attached hydrogens (tertiary/aromatic N) is 1. The third kappa shape index (κ3) is 7.31. The summed E-state index contributed by atoms with van der Waals surface area (Å²) in [5.74, 6) is 0.176. The van der Waals surface area contributed by atoms with Crippen LogP contribution in [0.1, 0.15) is 75.1 Å². The topological polar surface area (TPSA) is 30.0 Å². The predicted octanol–water partition coefficient (Wildman–Crippen LogP) is 5.45. The Morgan fingerprint density at radius 1 is 1.11 bits per heavy atom. The van der Waals surface area contributed by atoms with Gasteiger partial charge < -0.3 is 0 Å². The van der Waals surface area contributed by atoms with Crippen LogP contribution in [0.15, 0.2) is 18.3 Å². The number of ketones is 1. The zero-order valence-corrected chi connectivity index (χ0v) is 12.6. The van der Waals surface area contributed by atoms with Crippen molar-refractivity contribution in [2.75, 3.05) is 0 Å². The first-order valence-electron chi connectivity index (χ1n) is 7.38. The molecule has 0 saturated carbocycles. The van der Waals surface area contributed by atoms with E-state index in [1.807, 2.05) is 0 Å². The second-order valence-electron chi connectivity index (χ2n) is 5.02. The number of unbranched alkanes of at least 4 members (excludes halogenated alkanes) is 7. The van der Waals surface area contributed by atoms with Crippen LogP contribution in [0.2, 0.25) is 5.15 Å². The van der Waals surface area contributed by atoms with E-state index < -0.39 is 0 Å². The number of rotatable bonds is 10. The molecule has 106 valence electrons. The van der Waals surface area contributed by atoms with Crippen LogP contribution in [0.3, 0.4) is 0 Å². The Morgan fingerprint density at radius 2 is 1.74 bits per heavy atom. The summed E-state index contributed by atoms with van der Waals surface area (Å²) >= 11 is 5.77. The second-order valence-corrected chi connectivity index (χ2v) is 5.40. The van der Waals surface area contributed by atoms with Gasteiger partial charge in [0.2, 0.25) is 0 Å². The molecule has 0 fully saturated rings. The summed E-state index contributed by atoms with van der Waals surface area (Å²) in [6.07, 6.45) is 12.2. The maximum Gasteiger partial charge on any atom is 0.163 e. The van der Waals surface area contributed by atoms with Crippen molar-refractivity contribution in [1.29, 1.82) is 0 Å². The third-order valence-electron chi connectivity index (χ3n) is 3.31. The van der Waals surface area contributed by atoms with E-state index in [1.54, 1.807) is 18.3 Å². The number of halogens is 1. The molecule has 3 heteroatoms. The molecule has 19 heavy (non-hydrogen) atoms. The lowest BCUT2D eigenvalue weighted by Gasteiger charge is -2.02. The predicted molar refractivity (Wildman–Crippen MR) is 80.8 cm³/mol. The van der Waals surface area contributed by atoms with E-state index in [1.165, 1.54) is 38.5 Å². The quantitative estimate of drug-likeness (QED) is 0.324. The number of pyridine rings is 1. The van der Waals surface area contributed by atoms with Crippen molar-refractivity contribution < 1.29 is 4.79 Å². The maximum atomic E-state index is 11.9. The van der Waals surface area contributed by atoms with Gasteiger partial charge in [-0.15, -0.1) is 0 Å². The van der Waals surface area contributed by atoms with Crippen molar-refractivity contribution >= 4 is 17.4 Å². The summed E-state index contributed by atoms with van der Waals surface area (Å²) in [6, 6.07) is 3.38. The first-order valence-corrected chi connectivity index (χ1v) is 7.76. The van der Waals surface area contributed by atoms with Gasteiger partial charge in [-0.1, -0.05) is 63.5 Å². The van der Waals surface area contributed by atoms with Crippen molar-refractivity contribution in [3.8, 4) is 0 Å². The number of carbonyl (C=O) groups is 1. The van der Waals surface area contributed by atoms with E-state index in [2.05, 4.69) is 11.9 Å². The monoisotopic (exact) mass is 281 g/mol. The number of hydrogen-bond donors (Lipinski definition) is 0. The Bertz CT molecular complexity index is 379. The molecule has 0 spiro atoms. The van der Waals surface area contributed by atoms with Gasteiger partial charge in [0.1, 0.15) is 5.15 Å². The molecule has 0 saturated heterocycles. The molecule has 1 aromatic rings. The van der Waals surface area contributed by atoms with Crippen LogP contribution in [0.25, 0.3) is 0 Å². The summed E-state index contributed by atoms with van der Waals surface area (Å²) in [4.78, 5) is 15.8. The fraction of sp³-hybridized carbons (Fsp3) is 0.625. The maximum absolute atomic E-state index is 11.9. The Labute approximate surface area is 121 Å². The molecule has 1 aromatic heterocycles.